The molecular formula is C10H15ClN2O2. The van der Waals surface area contributed by atoms with Gasteiger partial charge in [0.1, 0.15) is 6.26 Å². The van der Waals surface area contributed by atoms with Crippen molar-refractivity contribution in [2.45, 2.75) is 24.8 Å². The first-order valence-corrected chi connectivity index (χ1v) is 5.65. The van der Waals surface area contributed by atoms with Gasteiger partial charge in [0, 0.05) is 26.3 Å². The molecule has 1 aromatic rings. The van der Waals surface area contributed by atoms with Gasteiger partial charge in [-0.3, -0.25) is 0 Å². The number of oxazole rings is 1. The highest BCUT2D eigenvalue weighted by Gasteiger charge is 2.21. The lowest BCUT2D eigenvalue weighted by Gasteiger charge is -2.29. The fourth-order valence-electron chi connectivity index (χ4n) is 1.75. The Morgan fingerprint density at radius 3 is 2.87 bits per heavy atom. The Kier molecular flexibility index (Phi) is 3.49. The number of alkyl halides is 1. The highest BCUT2D eigenvalue weighted by molar-refractivity contribution is 6.16. The van der Waals surface area contributed by atoms with Crippen molar-refractivity contribution in [1.82, 2.24) is 4.98 Å². The summed E-state index contributed by atoms with van der Waals surface area (Å²) in [5.74, 6) is 0.394. The zero-order valence-corrected chi connectivity index (χ0v) is 9.54. The summed E-state index contributed by atoms with van der Waals surface area (Å²) >= 11 is 5.67. The molecule has 1 aliphatic rings. The summed E-state index contributed by atoms with van der Waals surface area (Å²) in [5, 5.41) is 0. The van der Waals surface area contributed by atoms with Crippen molar-refractivity contribution >= 4 is 17.6 Å². The molecule has 0 atom stereocenters. The van der Waals surface area contributed by atoms with Gasteiger partial charge in [-0.1, -0.05) is 0 Å². The first-order chi connectivity index (χ1) is 7.31. The van der Waals surface area contributed by atoms with Crippen LogP contribution in [0.1, 0.15) is 18.5 Å². The summed E-state index contributed by atoms with van der Waals surface area (Å²) in [7, 11) is 2.00. The molecule has 0 amide bonds. The molecule has 1 aromatic heterocycles. The first-order valence-electron chi connectivity index (χ1n) is 5.12. The van der Waals surface area contributed by atoms with Gasteiger partial charge in [-0.15, -0.1) is 11.6 Å². The number of rotatable bonds is 3. The molecule has 1 aliphatic heterocycles. The van der Waals surface area contributed by atoms with Crippen LogP contribution < -0.4 is 4.90 Å². The molecule has 5 heteroatoms. The van der Waals surface area contributed by atoms with Crippen LogP contribution in [0.2, 0.25) is 0 Å². The second kappa shape index (κ2) is 4.86. The van der Waals surface area contributed by atoms with Crippen molar-refractivity contribution < 1.29 is 9.15 Å². The summed E-state index contributed by atoms with van der Waals surface area (Å²) in [6.45, 7) is 1.64. The highest BCUT2D eigenvalue weighted by Crippen LogP contribution is 2.20. The number of ether oxygens (including phenoxy) is 1. The van der Waals surface area contributed by atoms with E-state index in [0.717, 1.165) is 31.7 Å². The number of anilines is 1. The van der Waals surface area contributed by atoms with E-state index in [1.807, 2.05) is 7.05 Å². The fourth-order valence-corrected chi connectivity index (χ4v) is 1.87. The minimum atomic E-state index is 0.394. The lowest BCUT2D eigenvalue weighted by Crippen LogP contribution is -2.36. The molecule has 0 spiro atoms. The molecule has 0 bridgehead atoms. The highest BCUT2D eigenvalue weighted by atomic mass is 35.5. The maximum absolute atomic E-state index is 5.67. The van der Waals surface area contributed by atoms with Gasteiger partial charge in [0.2, 0.25) is 0 Å². The van der Waals surface area contributed by atoms with Crippen molar-refractivity contribution in [2.75, 3.05) is 25.2 Å². The average Bonchev–Trinajstić information content (AvgIpc) is 2.78. The van der Waals surface area contributed by atoms with Gasteiger partial charge in [-0.25, -0.2) is 0 Å². The number of halogens is 1. The van der Waals surface area contributed by atoms with E-state index in [-0.39, 0.29) is 0 Å². The monoisotopic (exact) mass is 230 g/mol. The Bertz CT molecular complexity index is 310. The van der Waals surface area contributed by atoms with Crippen LogP contribution in [0.15, 0.2) is 10.7 Å². The molecule has 0 radical (unpaired) electrons. The normalized spacial score (nSPS) is 18.0. The predicted octanol–water partition coefficient (Wildman–Crippen LogP) is 2.03. The third-order valence-corrected chi connectivity index (χ3v) is 2.99. The van der Waals surface area contributed by atoms with E-state index in [2.05, 4.69) is 9.88 Å². The van der Waals surface area contributed by atoms with Gasteiger partial charge in [-0.05, 0) is 12.8 Å². The van der Waals surface area contributed by atoms with Crippen LogP contribution in [-0.4, -0.2) is 31.3 Å². The number of aromatic nitrogens is 1. The van der Waals surface area contributed by atoms with Gasteiger partial charge in [-0.2, -0.15) is 4.98 Å². The zero-order chi connectivity index (χ0) is 10.7. The zero-order valence-electron chi connectivity index (χ0n) is 8.78. The Morgan fingerprint density at radius 1 is 1.53 bits per heavy atom. The van der Waals surface area contributed by atoms with E-state index in [4.69, 9.17) is 20.8 Å². The summed E-state index contributed by atoms with van der Waals surface area (Å²) in [5.41, 5.74) is 0.783. The molecule has 2 rings (SSSR count). The Balaban J connectivity index is 2.02. The topological polar surface area (TPSA) is 38.5 Å². The van der Waals surface area contributed by atoms with E-state index in [0.29, 0.717) is 17.9 Å². The minimum absolute atomic E-state index is 0.394. The molecule has 0 unspecified atom stereocenters. The molecule has 1 saturated heterocycles. The van der Waals surface area contributed by atoms with Gasteiger partial charge in [0.25, 0.3) is 6.01 Å². The second-order valence-corrected chi connectivity index (χ2v) is 3.98. The molecule has 2 heterocycles. The molecule has 4 nitrogen and oxygen atoms in total. The van der Waals surface area contributed by atoms with Gasteiger partial charge in [0.15, 0.2) is 0 Å². The Morgan fingerprint density at radius 2 is 2.27 bits per heavy atom. The number of hydrogen-bond donors (Lipinski definition) is 0. The van der Waals surface area contributed by atoms with Gasteiger partial charge >= 0.3 is 0 Å². The molecule has 1 fully saturated rings. The predicted molar refractivity (Wildman–Crippen MR) is 58.3 cm³/mol. The van der Waals surface area contributed by atoms with Crippen LogP contribution >= 0.6 is 11.6 Å². The smallest absolute Gasteiger partial charge is 0.297 e. The molecule has 84 valence electrons. The van der Waals surface area contributed by atoms with Gasteiger partial charge in [0.05, 0.1) is 11.6 Å². The van der Waals surface area contributed by atoms with Crippen molar-refractivity contribution in [3.8, 4) is 0 Å². The molecule has 15 heavy (non-hydrogen) atoms. The lowest BCUT2D eigenvalue weighted by atomic mass is 10.1. The van der Waals surface area contributed by atoms with Crippen molar-refractivity contribution in [1.29, 1.82) is 0 Å². The molecule has 0 aliphatic carbocycles. The molecule has 0 saturated carbocycles. The molecule has 0 aromatic carbocycles. The van der Waals surface area contributed by atoms with Crippen LogP contribution in [0.5, 0.6) is 0 Å². The maximum Gasteiger partial charge on any atom is 0.297 e. The second-order valence-electron chi connectivity index (χ2n) is 3.71. The molecule has 0 N–H and O–H groups in total. The van der Waals surface area contributed by atoms with Crippen LogP contribution in [0.3, 0.4) is 0 Å². The quantitative estimate of drug-likeness (QED) is 0.745. The first kappa shape index (κ1) is 10.8. The minimum Gasteiger partial charge on any atom is -0.432 e. The van der Waals surface area contributed by atoms with Crippen molar-refractivity contribution in [2.24, 2.45) is 0 Å². The van der Waals surface area contributed by atoms with E-state index in [1.54, 1.807) is 6.26 Å². The average molecular weight is 231 g/mol. The van der Waals surface area contributed by atoms with E-state index < -0.39 is 0 Å². The number of hydrogen-bond acceptors (Lipinski definition) is 4. The Labute approximate surface area is 94.2 Å². The van der Waals surface area contributed by atoms with E-state index in [1.165, 1.54) is 0 Å². The summed E-state index contributed by atoms with van der Waals surface area (Å²) in [6.07, 6.45) is 3.66. The lowest BCUT2D eigenvalue weighted by molar-refractivity contribution is 0.0846. The molecular weight excluding hydrogens is 216 g/mol. The summed E-state index contributed by atoms with van der Waals surface area (Å²) in [6, 6.07) is 1.11. The summed E-state index contributed by atoms with van der Waals surface area (Å²) in [4.78, 5) is 6.36. The largest absolute Gasteiger partial charge is 0.432 e. The van der Waals surface area contributed by atoms with E-state index >= 15 is 0 Å². The fraction of sp³-hybridized carbons (Fsp3) is 0.700. The number of nitrogens with zero attached hydrogens (tertiary/aromatic N) is 2. The third-order valence-electron chi connectivity index (χ3n) is 2.72. The standard InChI is InChI=1S/C10H15ClN2O2/c1-13(9-2-4-14-5-3-9)10-12-8(6-11)7-15-10/h7,9H,2-6H2,1H3. The van der Waals surface area contributed by atoms with Crippen LogP contribution in [-0.2, 0) is 10.6 Å². The van der Waals surface area contributed by atoms with Crippen LogP contribution in [0, 0.1) is 0 Å². The summed E-state index contributed by atoms with van der Waals surface area (Å²) < 4.78 is 10.7. The van der Waals surface area contributed by atoms with Crippen molar-refractivity contribution in [3.63, 3.8) is 0 Å². The third kappa shape index (κ3) is 2.44. The van der Waals surface area contributed by atoms with Crippen LogP contribution in [0.25, 0.3) is 0 Å². The maximum atomic E-state index is 5.67. The SMILES string of the molecule is CN(c1nc(CCl)co1)C1CCOCC1. The Hall–Kier alpha value is -0.740. The van der Waals surface area contributed by atoms with Gasteiger partial charge < -0.3 is 14.1 Å². The van der Waals surface area contributed by atoms with Crippen LogP contribution in [0.4, 0.5) is 6.01 Å². The van der Waals surface area contributed by atoms with E-state index in [9.17, 15) is 0 Å². The van der Waals surface area contributed by atoms with Crippen molar-refractivity contribution in [3.05, 3.63) is 12.0 Å².